The monoisotopic (exact) mass is 180 g/mol. The third-order valence-electron chi connectivity index (χ3n) is 1.59. The highest BCUT2D eigenvalue weighted by atomic mass is 35.5. The van der Waals surface area contributed by atoms with Gasteiger partial charge in [0, 0.05) is 0 Å². The number of rotatable bonds is 1. The van der Waals surface area contributed by atoms with Crippen molar-refractivity contribution in [3.8, 4) is 0 Å². The maximum atomic E-state index is 10.5. The molecule has 0 amide bonds. The molecule has 4 heteroatoms. The van der Waals surface area contributed by atoms with Gasteiger partial charge in [0.2, 0.25) is 0 Å². The van der Waals surface area contributed by atoms with Gasteiger partial charge in [-0.1, -0.05) is 28.7 Å². The zero-order valence-electron chi connectivity index (χ0n) is 6.47. The highest BCUT2D eigenvalue weighted by Crippen LogP contribution is 2.15. The van der Waals surface area contributed by atoms with Crippen molar-refractivity contribution in [2.75, 3.05) is 0 Å². The lowest BCUT2D eigenvalue weighted by molar-refractivity contribution is 0.0697. The van der Waals surface area contributed by atoms with Crippen LogP contribution in [0.15, 0.2) is 12.1 Å². The summed E-state index contributed by atoms with van der Waals surface area (Å²) in [6.45, 7) is 1.77. The first-order valence-corrected chi connectivity index (χ1v) is 3.69. The van der Waals surface area contributed by atoms with Gasteiger partial charge < -0.3 is 5.11 Å². The molecule has 0 fully saturated rings. The highest BCUT2D eigenvalue weighted by Gasteiger charge is 2.09. The second-order valence-corrected chi connectivity index (χ2v) is 2.90. The van der Waals surface area contributed by atoms with Crippen LogP contribution in [-0.4, -0.2) is 18.9 Å². The highest BCUT2D eigenvalue weighted by molar-refractivity contribution is 6.37. The van der Waals surface area contributed by atoms with Crippen LogP contribution >= 0.6 is 11.6 Å². The zero-order valence-corrected chi connectivity index (χ0v) is 7.22. The summed E-state index contributed by atoms with van der Waals surface area (Å²) in [5.41, 5.74) is 1.27. The van der Waals surface area contributed by atoms with Crippen molar-refractivity contribution in [1.82, 2.24) is 0 Å². The third kappa shape index (κ3) is 1.61. The van der Waals surface area contributed by atoms with Gasteiger partial charge in [0.25, 0.3) is 0 Å². The summed E-state index contributed by atoms with van der Waals surface area (Å²) < 4.78 is 0. The molecule has 1 aromatic carbocycles. The summed E-state index contributed by atoms with van der Waals surface area (Å²) in [7, 11) is 5.51. The molecule has 0 aromatic heterocycles. The van der Waals surface area contributed by atoms with Crippen LogP contribution in [0.1, 0.15) is 15.9 Å². The van der Waals surface area contributed by atoms with Gasteiger partial charge in [0.1, 0.15) is 7.85 Å². The molecule has 1 aromatic rings. The minimum absolute atomic E-state index is 0.0415. The van der Waals surface area contributed by atoms with Crippen molar-refractivity contribution in [2.45, 2.75) is 6.92 Å². The molecule has 0 heterocycles. The van der Waals surface area contributed by atoms with Crippen LogP contribution in [0.25, 0.3) is 0 Å². The van der Waals surface area contributed by atoms with Crippen LogP contribution in [0.4, 0.5) is 0 Å². The van der Waals surface area contributed by atoms with E-state index in [1.54, 1.807) is 13.0 Å². The Morgan fingerprint density at radius 1 is 1.58 bits per heavy atom. The number of carbonyl (C=O) groups is 1. The fourth-order valence-electron chi connectivity index (χ4n) is 0.853. The number of halogens is 1. The molecule has 2 nitrogen and oxygen atoms in total. The average molecular weight is 180 g/mol. The Labute approximate surface area is 76.6 Å². The normalized spacial score (nSPS) is 9.83. The lowest BCUT2D eigenvalue weighted by Crippen LogP contribution is -2.11. The predicted octanol–water partition coefficient (Wildman–Crippen LogP) is 1.14. The van der Waals surface area contributed by atoms with E-state index in [1.807, 2.05) is 0 Å². The molecule has 0 aliphatic carbocycles. The Morgan fingerprint density at radius 3 is 2.67 bits per heavy atom. The molecule has 1 rings (SSSR count). The van der Waals surface area contributed by atoms with E-state index in [1.165, 1.54) is 6.07 Å². The van der Waals surface area contributed by atoms with Crippen LogP contribution in [0.5, 0.6) is 0 Å². The number of hydrogen-bond acceptors (Lipinski definition) is 1. The maximum Gasteiger partial charge on any atom is 0.337 e. The van der Waals surface area contributed by atoms with Gasteiger partial charge in [-0.05, 0) is 13.0 Å². The van der Waals surface area contributed by atoms with Crippen LogP contribution in [0.3, 0.4) is 0 Å². The van der Waals surface area contributed by atoms with E-state index in [0.29, 0.717) is 5.46 Å². The largest absolute Gasteiger partial charge is 0.478 e. The van der Waals surface area contributed by atoms with Gasteiger partial charge >= 0.3 is 5.97 Å². The van der Waals surface area contributed by atoms with Crippen molar-refractivity contribution in [3.05, 3.63) is 28.3 Å². The zero-order chi connectivity index (χ0) is 9.30. The molecular weight excluding hydrogens is 174 g/mol. The Kier molecular flexibility index (Phi) is 2.43. The van der Waals surface area contributed by atoms with Gasteiger partial charge in [-0.25, -0.2) is 4.79 Å². The van der Waals surface area contributed by atoms with Crippen LogP contribution < -0.4 is 5.46 Å². The van der Waals surface area contributed by atoms with Gasteiger partial charge in [-0.15, -0.1) is 0 Å². The molecule has 0 saturated heterocycles. The van der Waals surface area contributed by atoms with Crippen molar-refractivity contribution < 1.29 is 9.90 Å². The predicted molar refractivity (Wildman–Crippen MR) is 48.5 cm³/mol. The lowest BCUT2D eigenvalue weighted by atomic mass is 9.89. The van der Waals surface area contributed by atoms with E-state index in [2.05, 4.69) is 0 Å². The molecule has 0 bridgehead atoms. The first-order chi connectivity index (χ1) is 5.52. The molecule has 0 aliphatic rings. The average Bonchev–Trinajstić information content (AvgIpc) is 1.96. The number of benzene rings is 1. The summed E-state index contributed by atoms with van der Waals surface area (Å²) in [6.07, 6.45) is 0. The van der Waals surface area contributed by atoms with Gasteiger partial charge in [-0.3, -0.25) is 0 Å². The molecule has 1 N–H and O–H groups in total. The first-order valence-electron chi connectivity index (χ1n) is 3.31. The van der Waals surface area contributed by atoms with E-state index in [-0.39, 0.29) is 10.6 Å². The smallest absolute Gasteiger partial charge is 0.337 e. The second-order valence-electron chi connectivity index (χ2n) is 2.49. The van der Waals surface area contributed by atoms with E-state index in [9.17, 15) is 4.79 Å². The standard InChI is InChI=1S/C8H6BClO2/c1-4-2-7(10)5(8(11)12)3-6(4)9/h2-3H,1H3,(H,11,12). The summed E-state index contributed by atoms with van der Waals surface area (Å²) in [6, 6.07) is 2.90. The topological polar surface area (TPSA) is 37.3 Å². The van der Waals surface area contributed by atoms with Crippen LogP contribution in [0.2, 0.25) is 5.02 Å². The molecule has 0 spiro atoms. The Bertz CT molecular complexity index is 336. The number of carboxylic acids is 1. The van der Waals surface area contributed by atoms with Crippen molar-refractivity contribution in [2.24, 2.45) is 0 Å². The maximum absolute atomic E-state index is 10.5. The fraction of sp³-hybridized carbons (Fsp3) is 0.125. The molecule has 0 saturated carbocycles. The van der Waals surface area contributed by atoms with Gasteiger partial charge in [-0.2, -0.15) is 0 Å². The molecule has 60 valence electrons. The number of hydrogen-bond donors (Lipinski definition) is 1. The summed E-state index contributed by atoms with van der Waals surface area (Å²) in [4.78, 5) is 10.5. The third-order valence-corrected chi connectivity index (χ3v) is 1.90. The van der Waals surface area contributed by atoms with Crippen molar-refractivity contribution in [1.29, 1.82) is 0 Å². The lowest BCUT2D eigenvalue weighted by Gasteiger charge is -2.03. The first kappa shape index (κ1) is 9.14. The molecule has 2 radical (unpaired) electrons. The van der Waals surface area contributed by atoms with Gasteiger partial charge in [0.05, 0.1) is 10.6 Å². The van der Waals surface area contributed by atoms with Crippen molar-refractivity contribution >= 4 is 30.9 Å². The fourth-order valence-corrected chi connectivity index (χ4v) is 1.15. The van der Waals surface area contributed by atoms with Crippen LogP contribution in [0, 0.1) is 6.92 Å². The summed E-state index contributed by atoms with van der Waals surface area (Å²) in [5.74, 6) is -1.06. The minimum Gasteiger partial charge on any atom is -0.478 e. The summed E-state index contributed by atoms with van der Waals surface area (Å²) >= 11 is 5.66. The Balaban J connectivity index is 3.33. The number of aryl methyl sites for hydroxylation is 1. The van der Waals surface area contributed by atoms with E-state index in [4.69, 9.17) is 24.6 Å². The second kappa shape index (κ2) is 3.19. The number of aromatic carboxylic acids is 1. The van der Waals surface area contributed by atoms with E-state index < -0.39 is 5.97 Å². The Morgan fingerprint density at radius 2 is 2.17 bits per heavy atom. The molecular formula is C8H6BClO2. The van der Waals surface area contributed by atoms with E-state index >= 15 is 0 Å². The quantitative estimate of drug-likeness (QED) is 0.658. The van der Waals surface area contributed by atoms with Crippen molar-refractivity contribution in [3.63, 3.8) is 0 Å². The van der Waals surface area contributed by atoms with Crippen LogP contribution in [-0.2, 0) is 0 Å². The number of carboxylic acid groups (broad SMARTS) is 1. The Hall–Kier alpha value is -0.955. The molecule has 0 aliphatic heterocycles. The molecule has 0 unspecified atom stereocenters. The molecule has 0 atom stereocenters. The molecule has 12 heavy (non-hydrogen) atoms. The van der Waals surface area contributed by atoms with Gasteiger partial charge in [0.15, 0.2) is 0 Å². The SMILES string of the molecule is [B]c1cc(C(=O)O)c(Cl)cc1C. The summed E-state index contributed by atoms with van der Waals surface area (Å²) in [5, 5.41) is 8.86. The van der Waals surface area contributed by atoms with E-state index in [0.717, 1.165) is 5.56 Å². The minimum atomic E-state index is -1.06.